The number of sulfonamides is 1. The van der Waals surface area contributed by atoms with E-state index < -0.39 is 21.3 Å². The van der Waals surface area contributed by atoms with Gasteiger partial charge in [0.15, 0.2) is 6.61 Å². The Bertz CT molecular complexity index is 982. The molecule has 4 aliphatic heterocycles. The molecule has 5 aliphatic rings. The summed E-state index contributed by atoms with van der Waals surface area (Å²) in [5.74, 6) is 0.993. The average molecular weight is 463 g/mol. The molecule has 1 aliphatic carbocycles. The second kappa shape index (κ2) is 9.11. The number of hydrogen-bond acceptors (Lipinski definition) is 6. The van der Waals surface area contributed by atoms with Crippen molar-refractivity contribution in [2.75, 3.05) is 33.0 Å². The van der Waals surface area contributed by atoms with E-state index in [0.717, 1.165) is 37.0 Å². The van der Waals surface area contributed by atoms with E-state index in [9.17, 15) is 13.2 Å². The van der Waals surface area contributed by atoms with Gasteiger partial charge in [-0.25, -0.2) is 8.42 Å². The number of benzene rings is 1. The number of nitrogens with zero attached hydrogens (tertiary/aromatic N) is 2. The van der Waals surface area contributed by atoms with Crippen molar-refractivity contribution in [1.29, 1.82) is 0 Å². The van der Waals surface area contributed by atoms with E-state index in [2.05, 4.69) is 10.5 Å². The van der Waals surface area contributed by atoms with Gasteiger partial charge in [0.1, 0.15) is 11.0 Å². The predicted molar refractivity (Wildman–Crippen MR) is 119 cm³/mol. The molecule has 6 rings (SSSR count). The third kappa shape index (κ3) is 4.43. The molecule has 1 amide bonds. The van der Waals surface area contributed by atoms with Gasteiger partial charge in [-0.3, -0.25) is 4.79 Å². The van der Waals surface area contributed by atoms with Crippen molar-refractivity contribution in [2.24, 2.45) is 4.40 Å². The SMILES string of the molecule is O=C1COc2ccccc2C2CCC(CC2)OC[C@H]2/C(=N/S(=O)(=O)C3COC3)CCCN12. The molecule has 0 spiro atoms. The van der Waals surface area contributed by atoms with Crippen LogP contribution in [0.25, 0.3) is 0 Å². The van der Waals surface area contributed by atoms with Crippen molar-refractivity contribution < 1.29 is 27.4 Å². The van der Waals surface area contributed by atoms with Crippen molar-refractivity contribution in [3.8, 4) is 5.75 Å². The molecule has 1 saturated carbocycles. The molecule has 0 aromatic heterocycles. The quantitative estimate of drug-likeness (QED) is 0.669. The summed E-state index contributed by atoms with van der Waals surface area (Å²) < 4.78 is 46.9. The molecule has 9 heteroatoms. The molecular formula is C23H30N2O6S. The van der Waals surface area contributed by atoms with E-state index in [1.807, 2.05) is 18.2 Å². The maximum Gasteiger partial charge on any atom is 0.261 e. The maximum absolute atomic E-state index is 13.2. The molecule has 8 nitrogen and oxygen atoms in total. The van der Waals surface area contributed by atoms with Gasteiger partial charge in [0.25, 0.3) is 15.9 Å². The zero-order valence-corrected chi connectivity index (χ0v) is 19.0. The van der Waals surface area contributed by atoms with E-state index in [4.69, 9.17) is 14.2 Å². The number of para-hydroxylation sites is 1. The lowest BCUT2D eigenvalue weighted by molar-refractivity contribution is -0.136. The van der Waals surface area contributed by atoms with Gasteiger partial charge in [-0.05, 0) is 56.1 Å². The minimum atomic E-state index is -3.66. The first-order chi connectivity index (χ1) is 15.5. The van der Waals surface area contributed by atoms with Gasteiger partial charge >= 0.3 is 0 Å². The monoisotopic (exact) mass is 462 g/mol. The Morgan fingerprint density at radius 2 is 1.81 bits per heavy atom. The second-order valence-corrected chi connectivity index (χ2v) is 11.0. The Morgan fingerprint density at radius 3 is 2.56 bits per heavy atom. The molecule has 0 unspecified atom stereocenters. The number of hydrogen-bond donors (Lipinski definition) is 0. The predicted octanol–water partition coefficient (Wildman–Crippen LogP) is 2.28. The average Bonchev–Trinajstić information content (AvgIpc) is 2.76. The van der Waals surface area contributed by atoms with E-state index in [1.165, 1.54) is 0 Å². The number of carbonyl (C=O) groups excluding carboxylic acids is 1. The van der Waals surface area contributed by atoms with Crippen LogP contribution in [0.4, 0.5) is 0 Å². The first kappa shape index (κ1) is 21.9. The summed E-state index contributed by atoms with van der Waals surface area (Å²) >= 11 is 0. The maximum atomic E-state index is 13.2. The van der Waals surface area contributed by atoms with Crippen LogP contribution in [0, 0.1) is 0 Å². The highest BCUT2D eigenvalue weighted by Gasteiger charge is 2.38. The second-order valence-electron chi connectivity index (χ2n) is 9.10. The van der Waals surface area contributed by atoms with Crippen LogP contribution >= 0.6 is 0 Å². The summed E-state index contributed by atoms with van der Waals surface area (Å²) in [5.41, 5.74) is 1.67. The highest BCUT2D eigenvalue weighted by molar-refractivity contribution is 7.91. The van der Waals surface area contributed by atoms with Crippen LogP contribution in [0.1, 0.15) is 50.0 Å². The van der Waals surface area contributed by atoms with Crippen molar-refractivity contribution in [2.45, 2.75) is 61.8 Å². The van der Waals surface area contributed by atoms with E-state index in [1.54, 1.807) is 4.90 Å². The first-order valence-corrected chi connectivity index (χ1v) is 13.0. The van der Waals surface area contributed by atoms with Crippen LogP contribution in [0.3, 0.4) is 0 Å². The standard InChI is InChI=1S/C23H30N2O6S/c26-23-15-31-22-6-2-1-4-19(22)16-7-9-17(10-8-16)30-14-21-20(5-3-11-25(21)23)24-32(27,28)18-12-29-13-18/h1-2,4,6,16-18,21H,3,5,7-15H2/b24-20+/t16?,17?,21-/m0/s1. The zero-order chi connectivity index (χ0) is 22.1. The summed E-state index contributed by atoms with van der Waals surface area (Å²) in [6.45, 7) is 1.08. The van der Waals surface area contributed by atoms with Crippen LogP contribution in [-0.4, -0.2) is 75.3 Å². The summed E-state index contributed by atoms with van der Waals surface area (Å²) in [6, 6.07) is 7.48. The zero-order valence-electron chi connectivity index (χ0n) is 18.1. The van der Waals surface area contributed by atoms with Crippen molar-refractivity contribution in [1.82, 2.24) is 4.90 Å². The van der Waals surface area contributed by atoms with Gasteiger partial charge < -0.3 is 19.1 Å². The third-order valence-corrected chi connectivity index (χ3v) is 8.66. The van der Waals surface area contributed by atoms with Gasteiger partial charge in [0.2, 0.25) is 0 Å². The molecule has 1 aromatic carbocycles. The Balaban J connectivity index is 1.44. The van der Waals surface area contributed by atoms with Gasteiger partial charge in [0.05, 0.1) is 37.7 Å². The van der Waals surface area contributed by atoms with Crippen LogP contribution in [0.15, 0.2) is 28.7 Å². The molecular weight excluding hydrogens is 432 g/mol. The largest absolute Gasteiger partial charge is 0.483 e. The van der Waals surface area contributed by atoms with Crippen LogP contribution in [-0.2, 0) is 24.3 Å². The van der Waals surface area contributed by atoms with E-state index in [0.29, 0.717) is 31.0 Å². The summed E-state index contributed by atoms with van der Waals surface area (Å²) in [5, 5.41) is -0.591. The molecule has 32 heavy (non-hydrogen) atoms. The molecule has 3 fully saturated rings. The molecule has 2 bridgehead atoms. The molecule has 0 N–H and O–H groups in total. The van der Waals surface area contributed by atoms with Crippen molar-refractivity contribution >= 4 is 21.6 Å². The summed E-state index contributed by atoms with van der Waals surface area (Å²) in [4.78, 5) is 14.9. The van der Waals surface area contributed by atoms with Crippen LogP contribution < -0.4 is 4.74 Å². The van der Waals surface area contributed by atoms with Crippen LogP contribution in [0.5, 0.6) is 5.75 Å². The summed E-state index contributed by atoms with van der Waals surface area (Å²) in [7, 11) is -3.66. The highest BCUT2D eigenvalue weighted by Crippen LogP contribution is 2.38. The van der Waals surface area contributed by atoms with Gasteiger partial charge in [-0.15, -0.1) is 0 Å². The lowest BCUT2D eigenvalue weighted by Gasteiger charge is -2.37. The Hall–Kier alpha value is -1.97. The van der Waals surface area contributed by atoms with Gasteiger partial charge in [-0.2, -0.15) is 4.40 Å². The number of ether oxygens (including phenoxy) is 3. The van der Waals surface area contributed by atoms with Gasteiger partial charge in [-0.1, -0.05) is 18.2 Å². The van der Waals surface area contributed by atoms with Crippen molar-refractivity contribution in [3.63, 3.8) is 0 Å². The lowest BCUT2D eigenvalue weighted by Crippen LogP contribution is -2.53. The number of fused-ring (bicyclic) bond motifs is 5. The number of carbonyl (C=O) groups is 1. The molecule has 4 heterocycles. The number of piperidine rings is 1. The minimum Gasteiger partial charge on any atom is -0.483 e. The lowest BCUT2D eigenvalue weighted by atomic mass is 9.82. The Labute approximate surface area is 189 Å². The minimum absolute atomic E-state index is 0.0832. The number of rotatable bonds is 2. The summed E-state index contributed by atoms with van der Waals surface area (Å²) in [6.07, 6.45) is 5.19. The van der Waals surface area contributed by atoms with E-state index in [-0.39, 0.29) is 38.4 Å². The molecule has 1 atom stereocenters. The molecule has 2 saturated heterocycles. The number of amides is 1. The van der Waals surface area contributed by atoms with Crippen molar-refractivity contribution in [3.05, 3.63) is 29.8 Å². The third-order valence-electron chi connectivity index (χ3n) is 7.06. The van der Waals surface area contributed by atoms with Gasteiger partial charge in [0, 0.05) is 6.54 Å². The molecule has 0 radical (unpaired) electrons. The normalized spacial score (nSPS) is 30.9. The highest BCUT2D eigenvalue weighted by atomic mass is 32.2. The van der Waals surface area contributed by atoms with Crippen LogP contribution in [0.2, 0.25) is 0 Å². The smallest absolute Gasteiger partial charge is 0.261 e. The first-order valence-electron chi connectivity index (χ1n) is 11.5. The fourth-order valence-corrected chi connectivity index (χ4v) is 6.31. The topological polar surface area (TPSA) is 94.5 Å². The Kier molecular flexibility index (Phi) is 6.22. The molecule has 1 aromatic rings. The fraction of sp³-hybridized carbons (Fsp3) is 0.652. The fourth-order valence-electron chi connectivity index (χ4n) is 5.09. The Morgan fingerprint density at radius 1 is 1.03 bits per heavy atom. The van der Waals surface area contributed by atoms with E-state index >= 15 is 0 Å². The molecule has 174 valence electrons.